The summed E-state index contributed by atoms with van der Waals surface area (Å²) in [7, 11) is 0. The Labute approximate surface area is 91.3 Å². The van der Waals surface area contributed by atoms with Gasteiger partial charge in [-0.1, -0.05) is 24.3 Å². The molecule has 2 heterocycles. The number of fused-ring (bicyclic) bond motifs is 1. The highest BCUT2D eigenvalue weighted by molar-refractivity contribution is 5.32. The Morgan fingerprint density at radius 1 is 1.13 bits per heavy atom. The van der Waals surface area contributed by atoms with Crippen molar-refractivity contribution >= 4 is 0 Å². The third kappa shape index (κ3) is 1.68. The quantitative estimate of drug-likeness (QED) is 0.748. The summed E-state index contributed by atoms with van der Waals surface area (Å²) < 4.78 is 0. The van der Waals surface area contributed by atoms with Crippen molar-refractivity contribution in [1.29, 1.82) is 0 Å². The van der Waals surface area contributed by atoms with Gasteiger partial charge in [0.1, 0.15) is 0 Å². The molecular formula is C13H18N2. The fourth-order valence-corrected chi connectivity index (χ4v) is 2.85. The normalized spacial score (nSPS) is 26.5. The molecule has 80 valence electrons. The number of hydrogen-bond acceptors (Lipinski definition) is 2. The topological polar surface area (TPSA) is 15.3 Å². The molecule has 15 heavy (non-hydrogen) atoms. The van der Waals surface area contributed by atoms with Gasteiger partial charge in [-0.15, -0.1) is 0 Å². The van der Waals surface area contributed by atoms with Crippen molar-refractivity contribution in [3.63, 3.8) is 0 Å². The van der Waals surface area contributed by atoms with Crippen molar-refractivity contribution in [3.05, 3.63) is 35.4 Å². The second-order valence-corrected chi connectivity index (χ2v) is 4.59. The van der Waals surface area contributed by atoms with Gasteiger partial charge in [-0.05, 0) is 37.1 Å². The average Bonchev–Trinajstić information content (AvgIpc) is 2.82. The van der Waals surface area contributed by atoms with Gasteiger partial charge in [0, 0.05) is 19.1 Å². The van der Waals surface area contributed by atoms with Gasteiger partial charge in [-0.2, -0.15) is 0 Å². The summed E-state index contributed by atoms with van der Waals surface area (Å²) in [6.45, 7) is 4.72. The van der Waals surface area contributed by atoms with Crippen LogP contribution in [0.4, 0.5) is 0 Å². The zero-order chi connectivity index (χ0) is 10.1. The Hall–Kier alpha value is -0.860. The smallest absolute Gasteiger partial charge is 0.0476 e. The Balaban J connectivity index is 1.91. The van der Waals surface area contributed by atoms with Crippen LogP contribution in [0.5, 0.6) is 0 Å². The van der Waals surface area contributed by atoms with Gasteiger partial charge in [-0.3, -0.25) is 4.90 Å². The van der Waals surface area contributed by atoms with Gasteiger partial charge in [0.05, 0.1) is 0 Å². The molecule has 1 aromatic rings. The summed E-state index contributed by atoms with van der Waals surface area (Å²) in [5.41, 5.74) is 3.04. The Morgan fingerprint density at radius 3 is 2.80 bits per heavy atom. The minimum atomic E-state index is 0.623. The number of likely N-dealkylation sites (tertiary alicyclic amines) is 1. The largest absolute Gasteiger partial charge is 0.311 e. The van der Waals surface area contributed by atoms with E-state index in [1.807, 2.05) is 0 Å². The van der Waals surface area contributed by atoms with E-state index in [1.165, 1.54) is 31.5 Å². The van der Waals surface area contributed by atoms with Crippen LogP contribution in [0.1, 0.15) is 30.0 Å². The van der Waals surface area contributed by atoms with Crippen molar-refractivity contribution in [3.8, 4) is 0 Å². The first-order valence-corrected chi connectivity index (χ1v) is 5.98. The molecule has 2 aliphatic heterocycles. The summed E-state index contributed by atoms with van der Waals surface area (Å²) in [5.74, 6) is 0. The lowest BCUT2D eigenvalue weighted by atomic mass is 9.96. The van der Waals surface area contributed by atoms with Crippen LogP contribution >= 0.6 is 0 Å². The molecule has 0 aliphatic carbocycles. The van der Waals surface area contributed by atoms with Crippen molar-refractivity contribution in [1.82, 2.24) is 10.2 Å². The standard InChI is InChI=1S/C13H18N2/c1-2-6-12-11(5-1)9-14-10-13(12)15-7-3-4-8-15/h1-2,5-6,13-14H,3-4,7-10H2. The molecule has 1 saturated heterocycles. The van der Waals surface area contributed by atoms with E-state index >= 15 is 0 Å². The predicted octanol–water partition coefficient (Wildman–Crippen LogP) is 1.93. The highest BCUT2D eigenvalue weighted by Gasteiger charge is 2.26. The number of hydrogen-bond donors (Lipinski definition) is 1. The molecule has 1 unspecified atom stereocenters. The van der Waals surface area contributed by atoms with Crippen LogP contribution in [0.25, 0.3) is 0 Å². The molecule has 0 bridgehead atoms. The first-order valence-electron chi connectivity index (χ1n) is 5.98. The monoisotopic (exact) mass is 202 g/mol. The molecule has 0 saturated carbocycles. The van der Waals surface area contributed by atoms with Crippen molar-refractivity contribution in [2.45, 2.75) is 25.4 Å². The van der Waals surface area contributed by atoms with Gasteiger partial charge < -0.3 is 5.32 Å². The maximum Gasteiger partial charge on any atom is 0.0476 e. The van der Waals surface area contributed by atoms with Crippen molar-refractivity contribution < 1.29 is 0 Å². The zero-order valence-corrected chi connectivity index (χ0v) is 9.08. The highest BCUT2D eigenvalue weighted by atomic mass is 15.2. The van der Waals surface area contributed by atoms with Crippen LogP contribution in [-0.4, -0.2) is 24.5 Å². The fourth-order valence-electron chi connectivity index (χ4n) is 2.85. The second kappa shape index (κ2) is 3.95. The molecular weight excluding hydrogens is 184 g/mol. The maximum atomic E-state index is 3.53. The van der Waals surface area contributed by atoms with E-state index < -0.39 is 0 Å². The second-order valence-electron chi connectivity index (χ2n) is 4.59. The highest BCUT2D eigenvalue weighted by Crippen LogP contribution is 2.29. The fraction of sp³-hybridized carbons (Fsp3) is 0.538. The molecule has 2 nitrogen and oxygen atoms in total. The lowest BCUT2D eigenvalue weighted by molar-refractivity contribution is 0.228. The number of benzene rings is 1. The molecule has 1 N–H and O–H groups in total. The van der Waals surface area contributed by atoms with Gasteiger partial charge >= 0.3 is 0 Å². The van der Waals surface area contributed by atoms with Gasteiger partial charge in [0.25, 0.3) is 0 Å². The van der Waals surface area contributed by atoms with E-state index in [-0.39, 0.29) is 0 Å². The molecule has 3 rings (SSSR count). The first-order chi connectivity index (χ1) is 7.45. The Morgan fingerprint density at radius 2 is 1.93 bits per heavy atom. The molecule has 1 fully saturated rings. The average molecular weight is 202 g/mol. The molecule has 0 aromatic heterocycles. The predicted molar refractivity (Wildman–Crippen MR) is 61.7 cm³/mol. The summed E-state index contributed by atoms with van der Waals surface area (Å²) >= 11 is 0. The van der Waals surface area contributed by atoms with E-state index in [4.69, 9.17) is 0 Å². The lowest BCUT2D eigenvalue weighted by Gasteiger charge is -2.33. The zero-order valence-electron chi connectivity index (χ0n) is 9.08. The minimum absolute atomic E-state index is 0.623. The van der Waals surface area contributed by atoms with Crippen LogP contribution in [-0.2, 0) is 6.54 Å². The van der Waals surface area contributed by atoms with Gasteiger partial charge in [0.2, 0.25) is 0 Å². The molecule has 0 radical (unpaired) electrons. The van der Waals surface area contributed by atoms with Gasteiger partial charge in [-0.25, -0.2) is 0 Å². The molecule has 1 atom stereocenters. The van der Waals surface area contributed by atoms with Crippen molar-refractivity contribution in [2.75, 3.05) is 19.6 Å². The maximum absolute atomic E-state index is 3.53. The molecule has 0 spiro atoms. The summed E-state index contributed by atoms with van der Waals surface area (Å²) in [4.78, 5) is 2.63. The summed E-state index contributed by atoms with van der Waals surface area (Å²) in [6.07, 6.45) is 2.75. The molecule has 2 aliphatic rings. The van der Waals surface area contributed by atoms with Crippen LogP contribution in [0, 0.1) is 0 Å². The summed E-state index contributed by atoms with van der Waals surface area (Å²) in [5, 5.41) is 3.53. The van der Waals surface area contributed by atoms with Crippen LogP contribution in [0.2, 0.25) is 0 Å². The Bertz CT molecular complexity index is 342. The third-order valence-corrected chi connectivity index (χ3v) is 3.65. The number of rotatable bonds is 1. The number of nitrogens with zero attached hydrogens (tertiary/aromatic N) is 1. The Kier molecular flexibility index (Phi) is 2.47. The van der Waals surface area contributed by atoms with E-state index in [1.54, 1.807) is 5.56 Å². The van der Waals surface area contributed by atoms with E-state index in [0.29, 0.717) is 6.04 Å². The van der Waals surface area contributed by atoms with Crippen LogP contribution < -0.4 is 5.32 Å². The molecule has 1 aromatic carbocycles. The van der Waals surface area contributed by atoms with E-state index in [0.717, 1.165) is 13.1 Å². The first kappa shape index (κ1) is 9.37. The molecule has 0 amide bonds. The van der Waals surface area contributed by atoms with Crippen molar-refractivity contribution in [2.24, 2.45) is 0 Å². The van der Waals surface area contributed by atoms with E-state index in [2.05, 4.69) is 34.5 Å². The lowest BCUT2D eigenvalue weighted by Crippen LogP contribution is -2.38. The minimum Gasteiger partial charge on any atom is -0.311 e. The van der Waals surface area contributed by atoms with Crippen LogP contribution in [0.3, 0.4) is 0 Å². The third-order valence-electron chi connectivity index (χ3n) is 3.65. The van der Waals surface area contributed by atoms with E-state index in [9.17, 15) is 0 Å². The van der Waals surface area contributed by atoms with Crippen LogP contribution in [0.15, 0.2) is 24.3 Å². The SMILES string of the molecule is c1ccc2c(c1)CNCC2N1CCCC1. The summed E-state index contributed by atoms with van der Waals surface area (Å²) in [6, 6.07) is 9.50. The van der Waals surface area contributed by atoms with Gasteiger partial charge in [0.15, 0.2) is 0 Å². The molecule has 2 heteroatoms. The number of nitrogens with one attached hydrogen (secondary N) is 1.